The first-order chi connectivity index (χ1) is 13.9. The van der Waals surface area contributed by atoms with Crippen molar-refractivity contribution in [3.05, 3.63) is 70.1 Å². The van der Waals surface area contributed by atoms with Gasteiger partial charge in [0, 0.05) is 5.39 Å². The monoisotopic (exact) mass is 396 g/mol. The summed E-state index contributed by atoms with van der Waals surface area (Å²) in [6, 6.07) is 12.3. The van der Waals surface area contributed by atoms with Gasteiger partial charge in [-0.25, -0.2) is 9.59 Å². The van der Waals surface area contributed by atoms with E-state index < -0.39 is 30.0 Å². The molecule has 0 aliphatic rings. The molecule has 0 saturated carbocycles. The van der Waals surface area contributed by atoms with Gasteiger partial charge >= 0.3 is 11.6 Å². The van der Waals surface area contributed by atoms with Crippen molar-refractivity contribution >= 4 is 34.4 Å². The van der Waals surface area contributed by atoms with Crippen molar-refractivity contribution < 1.29 is 28.3 Å². The quantitative estimate of drug-likeness (QED) is 0.478. The third-order valence-electron chi connectivity index (χ3n) is 3.96. The van der Waals surface area contributed by atoms with Gasteiger partial charge in [-0.05, 0) is 24.3 Å². The third-order valence-corrected chi connectivity index (χ3v) is 3.96. The van der Waals surface area contributed by atoms with E-state index in [1.54, 1.807) is 30.3 Å². The van der Waals surface area contributed by atoms with Crippen LogP contribution < -0.4 is 21.4 Å². The lowest BCUT2D eigenvalue weighted by Gasteiger charge is -2.09. The average Bonchev–Trinajstić information content (AvgIpc) is 2.71. The fraction of sp³-hybridized carbons (Fsp3) is 0.100. The number of anilines is 1. The number of nitrogens with one attached hydrogen (secondary N) is 1. The summed E-state index contributed by atoms with van der Waals surface area (Å²) in [4.78, 5) is 47.8. The molecule has 0 saturated heterocycles. The van der Waals surface area contributed by atoms with Crippen LogP contribution in [0.2, 0.25) is 0 Å². The molecular weight excluding hydrogens is 380 g/mol. The third kappa shape index (κ3) is 4.24. The van der Waals surface area contributed by atoms with Gasteiger partial charge < -0.3 is 24.9 Å². The molecule has 2 aromatic carbocycles. The second-order valence-electron chi connectivity index (χ2n) is 5.86. The second kappa shape index (κ2) is 8.26. The van der Waals surface area contributed by atoms with Gasteiger partial charge in [0.2, 0.25) is 0 Å². The van der Waals surface area contributed by atoms with Crippen molar-refractivity contribution in [2.75, 3.05) is 19.0 Å². The van der Waals surface area contributed by atoms with Gasteiger partial charge in [-0.2, -0.15) is 0 Å². The first-order valence-corrected chi connectivity index (χ1v) is 8.37. The van der Waals surface area contributed by atoms with Crippen molar-refractivity contribution in [1.82, 2.24) is 0 Å². The highest BCUT2D eigenvalue weighted by atomic mass is 16.5. The summed E-state index contributed by atoms with van der Waals surface area (Å²) in [5.41, 5.74) is 4.43. The van der Waals surface area contributed by atoms with Crippen LogP contribution in [0.1, 0.15) is 20.7 Å². The Labute approximate surface area is 164 Å². The number of hydrogen-bond acceptors (Lipinski definition) is 7. The van der Waals surface area contributed by atoms with Crippen molar-refractivity contribution in [1.29, 1.82) is 0 Å². The number of rotatable bonds is 6. The summed E-state index contributed by atoms with van der Waals surface area (Å²) in [6.45, 7) is -0.679. The number of hydrogen-bond donors (Lipinski definition) is 2. The van der Waals surface area contributed by atoms with Crippen LogP contribution in [0.4, 0.5) is 5.69 Å². The Morgan fingerprint density at radius 3 is 2.55 bits per heavy atom. The lowest BCUT2D eigenvalue weighted by molar-refractivity contribution is -0.119. The largest absolute Gasteiger partial charge is 0.493 e. The highest BCUT2D eigenvalue weighted by Crippen LogP contribution is 2.24. The maximum Gasteiger partial charge on any atom is 0.351 e. The Morgan fingerprint density at radius 2 is 1.83 bits per heavy atom. The zero-order valence-electron chi connectivity index (χ0n) is 15.3. The number of nitrogens with two attached hydrogens (primary N) is 1. The van der Waals surface area contributed by atoms with E-state index >= 15 is 0 Å². The minimum Gasteiger partial charge on any atom is -0.493 e. The first-order valence-electron chi connectivity index (χ1n) is 8.37. The highest BCUT2D eigenvalue weighted by molar-refractivity contribution is 6.03. The number of methoxy groups -OCH3 is 1. The van der Waals surface area contributed by atoms with E-state index in [2.05, 4.69) is 5.32 Å². The summed E-state index contributed by atoms with van der Waals surface area (Å²) in [6.07, 6.45) is 0. The Hall–Kier alpha value is -4.14. The van der Waals surface area contributed by atoms with Crippen LogP contribution in [0, 0.1) is 0 Å². The van der Waals surface area contributed by atoms with E-state index in [0.717, 1.165) is 0 Å². The molecule has 9 heteroatoms. The molecule has 3 aromatic rings. The van der Waals surface area contributed by atoms with Gasteiger partial charge in [-0.15, -0.1) is 0 Å². The van der Waals surface area contributed by atoms with Crippen LogP contribution in [-0.2, 0) is 9.53 Å². The van der Waals surface area contributed by atoms with Crippen LogP contribution >= 0.6 is 0 Å². The molecule has 3 rings (SSSR count). The van der Waals surface area contributed by atoms with E-state index in [1.807, 2.05) is 0 Å². The molecule has 0 bridgehead atoms. The Bertz CT molecular complexity index is 1170. The summed E-state index contributed by atoms with van der Waals surface area (Å²) in [7, 11) is 1.42. The van der Waals surface area contributed by atoms with E-state index in [-0.39, 0.29) is 22.4 Å². The molecule has 0 fully saturated rings. The highest BCUT2D eigenvalue weighted by Gasteiger charge is 2.18. The molecule has 1 aromatic heterocycles. The minimum atomic E-state index is -1.03. The van der Waals surface area contributed by atoms with Gasteiger partial charge in [0.1, 0.15) is 5.56 Å². The molecule has 9 nitrogen and oxygen atoms in total. The number of benzene rings is 2. The zero-order valence-corrected chi connectivity index (χ0v) is 15.3. The number of esters is 1. The number of para-hydroxylation sites is 2. The van der Waals surface area contributed by atoms with Crippen molar-refractivity contribution in [2.45, 2.75) is 0 Å². The Kier molecular flexibility index (Phi) is 5.59. The molecule has 148 valence electrons. The minimum absolute atomic E-state index is 0.108. The van der Waals surface area contributed by atoms with Gasteiger partial charge in [-0.1, -0.05) is 24.3 Å². The molecular formula is C20H16N2O7. The fourth-order valence-corrected chi connectivity index (χ4v) is 2.62. The Morgan fingerprint density at radius 1 is 1.07 bits per heavy atom. The zero-order chi connectivity index (χ0) is 21.0. The molecule has 0 aliphatic carbocycles. The van der Waals surface area contributed by atoms with Gasteiger partial charge in [0.15, 0.2) is 17.9 Å². The van der Waals surface area contributed by atoms with E-state index in [9.17, 15) is 19.2 Å². The van der Waals surface area contributed by atoms with Crippen molar-refractivity contribution in [3.63, 3.8) is 0 Å². The number of primary amides is 1. The summed E-state index contributed by atoms with van der Waals surface area (Å²) < 4.78 is 15.1. The lowest BCUT2D eigenvalue weighted by atomic mass is 10.1. The number of amides is 2. The molecule has 0 atom stereocenters. The van der Waals surface area contributed by atoms with Gasteiger partial charge in [0.05, 0.1) is 18.4 Å². The molecule has 1 heterocycles. The van der Waals surface area contributed by atoms with Crippen LogP contribution in [0.15, 0.2) is 57.7 Å². The topological polar surface area (TPSA) is 138 Å². The molecule has 3 N–H and O–H groups in total. The van der Waals surface area contributed by atoms with E-state index in [1.165, 1.54) is 25.3 Å². The summed E-state index contributed by atoms with van der Waals surface area (Å²) in [5, 5.41) is 2.88. The molecule has 2 amide bonds. The van der Waals surface area contributed by atoms with Crippen LogP contribution in [0.5, 0.6) is 5.75 Å². The number of carbonyl (C=O) groups excluding carboxylic acids is 3. The van der Waals surface area contributed by atoms with Crippen LogP contribution in [0.3, 0.4) is 0 Å². The average molecular weight is 396 g/mol. The molecule has 0 unspecified atom stereocenters. The molecule has 0 radical (unpaired) electrons. The van der Waals surface area contributed by atoms with Gasteiger partial charge in [-0.3, -0.25) is 9.59 Å². The molecule has 0 spiro atoms. The summed E-state index contributed by atoms with van der Waals surface area (Å²) >= 11 is 0. The Balaban J connectivity index is 1.73. The number of ether oxygens (including phenoxy) is 2. The number of fused-ring (bicyclic) bond motifs is 1. The standard InChI is InChI=1S/C20H16N2O7/c1-27-15-8-4-5-11-9-13(20(26)29-17(11)15)19(25)28-10-16(23)22-14-7-3-2-6-12(14)18(21)24/h2-9H,10H2,1H3,(H2,21,24)(H,22,23). The predicted octanol–water partition coefficient (Wildman–Crippen LogP) is 1.70. The SMILES string of the molecule is COc1cccc2cc(C(=O)OCC(=O)Nc3ccccc3C(N)=O)c(=O)oc12. The smallest absolute Gasteiger partial charge is 0.351 e. The number of carbonyl (C=O) groups is 3. The second-order valence-corrected chi connectivity index (χ2v) is 5.86. The van der Waals surface area contributed by atoms with Crippen molar-refractivity contribution in [3.8, 4) is 5.75 Å². The fourth-order valence-electron chi connectivity index (χ4n) is 2.62. The molecule has 0 aliphatic heterocycles. The van der Waals surface area contributed by atoms with Crippen LogP contribution in [-0.4, -0.2) is 31.5 Å². The summed E-state index contributed by atoms with van der Waals surface area (Å²) in [5.74, 6) is -2.12. The lowest BCUT2D eigenvalue weighted by Crippen LogP contribution is -2.25. The maximum absolute atomic E-state index is 12.2. The van der Waals surface area contributed by atoms with Crippen LogP contribution in [0.25, 0.3) is 11.0 Å². The first kappa shape index (κ1) is 19.6. The normalized spacial score (nSPS) is 10.4. The van der Waals surface area contributed by atoms with Gasteiger partial charge in [0.25, 0.3) is 11.8 Å². The predicted molar refractivity (Wildman–Crippen MR) is 103 cm³/mol. The molecule has 29 heavy (non-hydrogen) atoms. The van der Waals surface area contributed by atoms with E-state index in [4.69, 9.17) is 19.6 Å². The maximum atomic E-state index is 12.2. The van der Waals surface area contributed by atoms with E-state index in [0.29, 0.717) is 11.1 Å². The van der Waals surface area contributed by atoms with Crippen molar-refractivity contribution in [2.24, 2.45) is 5.73 Å².